The van der Waals surface area contributed by atoms with Crippen molar-refractivity contribution >= 4 is 45.9 Å². The number of benzene rings is 3. The molecule has 4 aromatic rings. The van der Waals surface area contributed by atoms with Crippen LogP contribution in [0, 0.1) is 5.41 Å². The summed E-state index contributed by atoms with van der Waals surface area (Å²) in [5, 5.41) is 18.0. The Bertz CT molecular complexity index is 1380. The molecule has 1 saturated heterocycles. The number of carbonyl (C=O) groups is 1. The molecule has 170 valence electrons. The van der Waals surface area contributed by atoms with E-state index in [2.05, 4.69) is 16.0 Å². The van der Waals surface area contributed by atoms with Crippen LogP contribution in [0.1, 0.15) is 18.4 Å². The number of amides is 1. The minimum Gasteiger partial charge on any atom is -0.398 e. The van der Waals surface area contributed by atoms with Crippen LogP contribution in [0.3, 0.4) is 0 Å². The molecule has 0 spiro atoms. The predicted octanol–water partition coefficient (Wildman–Crippen LogP) is 4.31. The van der Waals surface area contributed by atoms with Gasteiger partial charge < -0.3 is 27.1 Å². The fourth-order valence-electron chi connectivity index (χ4n) is 4.09. The molecule has 3 aromatic carbocycles. The highest BCUT2D eigenvalue weighted by atomic mass is 16.2. The Morgan fingerprint density at radius 1 is 1.06 bits per heavy atom. The fraction of sp³-hybridized carbons (Fsp3) is 0.154. The van der Waals surface area contributed by atoms with Crippen LogP contribution in [0.15, 0.2) is 66.7 Å². The number of fused-ring (bicyclic) bond motifs is 1. The Labute approximate surface area is 197 Å². The van der Waals surface area contributed by atoms with Crippen molar-refractivity contribution in [1.29, 1.82) is 5.41 Å². The van der Waals surface area contributed by atoms with Crippen molar-refractivity contribution in [2.24, 2.45) is 0 Å². The molecule has 5 rings (SSSR count). The lowest BCUT2D eigenvalue weighted by Gasteiger charge is -2.14. The SMILES string of the molecule is N=Cc1cc(Nc2nc(-c3cccc(NC(=O)C4CCCN4)c3)nc3ccccc23)ccc1N. The average Bonchev–Trinajstić information content (AvgIpc) is 3.41. The minimum atomic E-state index is -0.151. The second-order valence-corrected chi connectivity index (χ2v) is 8.24. The molecule has 8 heteroatoms. The number of rotatable bonds is 6. The number of nitrogens with one attached hydrogen (secondary N) is 4. The van der Waals surface area contributed by atoms with E-state index in [1.807, 2.05) is 60.7 Å². The summed E-state index contributed by atoms with van der Waals surface area (Å²) in [4.78, 5) is 22.1. The number of nitrogen functional groups attached to an aromatic ring is 1. The molecule has 1 aliphatic heterocycles. The van der Waals surface area contributed by atoms with Gasteiger partial charge in [0.1, 0.15) is 5.82 Å². The van der Waals surface area contributed by atoms with Crippen LogP contribution in [-0.4, -0.2) is 34.7 Å². The van der Waals surface area contributed by atoms with E-state index in [1.54, 1.807) is 6.07 Å². The summed E-state index contributed by atoms with van der Waals surface area (Å²) >= 11 is 0. The summed E-state index contributed by atoms with van der Waals surface area (Å²) in [5.41, 5.74) is 10.2. The molecule has 1 amide bonds. The van der Waals surface area contributed by atoms with Crippen molar-refractivity contribution in [3.63, 3.8) is 0 Å². The number of nitrogens with zero attached hydrogens (tertiary/aromatic N) is 2. The first-order chi connectivity index (χ1) is 16.6. The highest BCUT2D eigenvalue weighted by Crippen LogP contribution is 2.29. The highest BCUT2D eigenvalue weighted by molar-refractivity contribution is 5.96. The first-order valence-electron chi connectivity index (χ1n) is 11.2. The number of carbonyl (C=O) groups excluding carboxylic acids is 1. The second-order valence-electron chi connectivity index (χ2n) is 8.24. The molecular weight excluding hydrogens is 426 g/mol. The molecule has 0 aliphatic carbocycles. The molecule has 0 saturated carbocycles. The van der Waals surface area contributed by atoms with Crippen LogP contribution < -0.4 is 21.7 Å². The van der Waals surface area contributed by atoms with Crippen molar-refractivity contribution in [2.75, 3.05) is 22.9 Å². The number of para-hydroxylation sites is 1. The summed E-state index contributed by atoms with van der Waals surface area (Å²) in [6, 6.07) is 20.6. The molecule has 8 nitrogen and oxygen atoms in total. The van der Waals surface area contributed by atoms with E-state index in [4.69, 9.17) is 21.1 Å². The zero-order chi connectivity index (χ0) is 23.5. The van der Waals surface area contributed by atoms with E-state index in [9.17, 15) is 4.79 Å². The van der Waals surface area contributed by atoms with Gasteiger partial charge in [-0.15, -0.1) is 0 Å². The Balaban J connectivity index is 1.50. The number of hydrogen-bond donors (Lipinski definition) is 5. The average molecular weight is 452 g/mol. The topological polar surface area (TPSA) is 129 Å². The standard InChI is InChI=1S/C26H25N7O/c27-15-17-14-19(10-11-21(17)28)30-25-20-7-1-2-8-22(20)32-24(33-25)16-5-3-6-18(13-16)31-26(34)23-9-4-12-29-23/h1-3,5-8,10-11,13-15,23,27,29H,4,9,12,28H2,(H,31,34)(H,30,32,33). The Kier molecular flexibility index (Phi) is 5.88. The van der Waals surface area contributed by atoms with Gasteiger partial charge in [-0.3, -0.25) is 4.79 Å². The molecule has 1 fully saturated rings. The van der Waals surface area contributed by atoms with Gasteiger partial charge in [-0.2, -0.15) is 0 Å². The van der Waals surface area contributed by atoms with Crippen molar-refractivity contribution in [3.05, 3.63) is 72.3 Å². The third kappa shape index (κ3) is 4.44. The van der Waals surface area contributed by atoms with Crippen molar-refractivity contribution in [1.82, 2.24) is 15.3 Å². The van der Waals surface area contributed by atoms with Crippen LogP contribution in [0.5, 0.6) is 0 Å². The van der Waals surface area contributed by atoms with Gasteiger partial charge in [-0.1, -0.05) is 24.3 Å². The summed E-state index contributed by atoms with van der Waals surface area (Å²) in [5.74, 6) is 1.16. The maximum atomic E-state index is 12.5. The summed E-state index contributed by atoms with van der Waals surface area (Å²) < 4.78 is 0. The van der Waals surface area contributed by atoms with E-state index in [-0.39, 0.29) is 11.9 Å². The third-order valence-electron chi connectivity index (χ3n) is 5.87. The van der Waals surface area contributed by atoms with Gasteiger partial charge in [0.15, 0.2) is 5.82 Å². The Hall–Kier alpha value is -4.30. The monoisotopic (exact) mass is 451 g/mol. The molecule has 0 bridgehead atoms. The molecule has 1 atom stereocenters. The van der Waals surface area contributed by atoms with Crippen LogP contribution in [-0.2, 0) is 4.79 Å². The van der Waals surface area contributed by atoms with E-state index in [0.717, 1.165) is 41.5 Å². The number of nitrogens with two attached hydrogens (primary N) is 1. The van der Waals surface area contributed by atoms with Gasteiger partial charge in [0.2, 0.25) is 5.91 Å². The lowest BCUT2D eigenvalue weighted by atomic mass is 10.1. The molecule has 1 aliphatic rings. The lowest BCUT2D eigenvalue weighted by molar-refractivity contribution is -0.117. The molecule has 2 heterocycles. The van der Waals surface area contributed by atoms with Crippen molar-refractivity contribution in [3.8, 4) is 11.4 Å². The van der Waals surface area contributed by atoms with Crippen molar-refractivity contribution in [2.45, 2.75) is 18.9 Å². The smallest absolute Gasteiger partial charge is 0.241 e. The van der Waals surface area contributed by atoms with Gasteiger partial charge in [0.25, 0.3) is 0 Å². The minimum absolute atomic E-state index is 0.0261. The van der Waals surface area contributed by atoms with E-state index < -0.39 is 0 Å². The summed E-state index contributed by atoms with van der Waals surface area (Å²) in [6.45, 7) is 0.869. The van der Waals surface area contributed by atoms with Crippen LogP contribution >= 0.6 is 0 Å². The van der Waals surface area contributed by atoms with Gasteiger partial charge in [-0.05, 0) is 61.9 Å². The van der Waals surface area contributed by atoms with E-state index >= 15 is 0 Å². The van der Waals surface area contributed by atoms with E-state index in [1.165, 1.54) is 6.21 Å². The molecule has 6 N–H and O–H groups in total. The van der Waals surface area contributed by atoms with Crippen molar-refractivity contribution < 1.29 is 4.79 Å². The highest BCUT2D eigenvalue weighted by Gasteiger charge is 2.22. The van der Waals surface area contributed by atoms with Gasteiger partial charge in [0.05, 0.1) is 11.6 Å². The Morgan fingerprint density at radius 2 is 1.94 bits per heavy atom. The normalized spacial score (nSPS) is 15.2. The first kappa shape index (κ1) is 21.5. The maximum Gasteiger partial charge on any atom is 0.241 e. The maximum absolute atomic E-state index is 12.5. The molecular formula is C26H25N7O. The van der Waals surface area contributed by atoms with Gasteiger partial charge in [0, 0.05) is 39.8 Å². The molecule has 34 heavy (non-hydrogen) atoms. The summed E-state index contributed by atoms with van der Waals surface area (Å²) in [6.07, 6.45) is 3.08. The number of anilines is 4. The zero-order valence-electron chi connectivity index (χ0n) is 18.5. The quantitative estimate of drug-likeness (QED) is 0.219. The van der Waals surface area contributed by atoms with Gasteiger partial charge >= 0.3 is 0 Å². The third-order valence-corrected chi connectivity index (χ3v) is 5.87. The first-order valence-corrected chi connectivity index (χ1v) is 11.2. The summed E-state index contributed by atoms with van der Waals surface area (Å²) in [7, 11) is 0. The van der Waals surface area contributed by atoms with Crippen LogP contribution in [0.2, 0.25) is 0 Å². The molecule has 1 aromatic heterocycles. The van der Waals surface area contributed by atoms with Crippen LogP contribution in [0.25, 0.3) is 22.3 Å². The lowest BCUT2D eigenvalue weighted by Crippen LogP contribution is -2.35. The zero-order valence-corrected chi connectivity index (χ0v) is 18.5. The van der Waals surface area contributed by atoms with Crippen LogP contribution in [0.4, 0.5) is 22.9 Å². The Morgan fingerprint density at radius 3 is 2.76 bits per heavy atom. The second kappa shape index (κ2) is 9.29. The predicted molar refractivity (Wildman–Crippen MR) is 137 cm³/mol. The fourth-order valence-corrected chi connectivity index (χ4v) is 4.09. The number of aromatic nitrogens is 2. The van der Waals surface area contributed by atoms with Gasteiger partial charge in [-0.25, -0.2) is 9.97 Å². The van der Waals surface area contributed by atoms with E-state index in [0.29, 0.717) is 28.6 Å². The largest absolute Gasteiger partial charge is 0.398 e. The molecule has 1 unspecified atom stereocenters. The molecule has 0 radical (unpaired) electrons. The number of hydrogen-bond acceptors (Lipinski definition) is 7.